The quantitative estimate of drug-likeness (QED) is 0.777. The molecule has 8 heteroatoms. The molecule has 2 amide bonds. The van der Waals surface area contributed by atoms with Gasteiger partial charge in [0.05, 0.1) is 30.9 Å². The van der Waals surface area contributed by atoms with Crippen molar-refractivity contribution in [2.45, 2.75) is 45.3 Å². The first-order valence-corrected chi connectivity index (χ1v) is 9.56. The molecule has 1 spiro atoms. The number of likely N-dealkylation sites (tertiary alicyclic amines) is 1. The monoisotopic (exact) mass is 378 g/mol. The molecule has 1 aromatic heterocycles. The van der Waals surface area contributed by atoms with E-state index in [2.05, 4.69) is 10.1 Å². The SMILES string of the molecule is Cc1noc(C)c1CN1CCC2(CC1)CC(=O)N(CC(=O)N(C)C)CCO2. The molecule has 0 bridgehead atoms. The maximum atomic E-state index is 12.7. The maximum absolute atomic E-state index is 12.7. The van der Waals surface area contributed by atoms with E-state index in [9.17, 15) is 9.59 Å². The molecular weight excluding hydrogens is 348 g/mol. The molecule has 3 heterocycles. The van der Waals surface area contributed by atoms with Crippen molar-refractivity contribution in [2.24, 2.45) is 0 Å². The molecule has 27 heavy (non-hydrogen) atoms. The van der Waals surface area contributed by atoms with Gasteiger partial charge in [-0.25, -0.2) is 0 Å². The van der Waals surface area contributed by atoms with Crippen LogP contribution in [-0.4, -0.2) is 84.2 Å². The van der Waals surface area contributed by atoms with E-state index in [4.69, 9.17) is 9.26 Å². The first-order chi connectivity index (χ1) is 12.8. The van der Waals surface area contributed by atoms with Crippen molar-refractivity contribution in [3.05, 3.63) is 17.0 Å². The van der Waals surface area contributed by atoms with Gasteiger partial charge in [-0.2, -0.15) is 0 Å². The van der Waals surface area contributed by atoms with Crippen LogP contribution in [0.3, 0.4) is 0 Å². The van der Waals surface area contributed by atoms with Gasteiger partial charge in [0.2, 0.25) is 11.8 Å². The Labute approximate surface area is 160 Å². The van der Waals surface area contributed by atoms with Crippen LogP contribution in [0.25, 0.3) is 0 Å². The van der Waals surface area contributed by atoms with E-state index in [1.165, 1.54) is 4.90 Å². The van der Waals surface area contributed by atoms with Gasteiger partial charge in [0.1, 0.15) is 5.76 Å². The zero-order valence-corrected chi connectivity index (χ0v) is 16.8. The molecule has 8 nitrogen and oxygen atoms in total. The molecule has 0 unspecified atom stereocenters. The van der Waals surface area contributed by atoms with Crippen LogP contribution < -0.4 is 0 Å². The summed E-state index contributed by atoms with van der Waals surface area (Å²) >= 11 is 0. The van der Waals surface area contributed by atoms with Crippen LogP contribution >= 0.6 is 0 Å². The molecule has 0 aliphatic carbocycles. The second-order valence-electron chi connectivity index (χ2n) is 7.89. The van der Waals surface area contributed by atoms with E-state index in [1.807, 2.05) is 13.8 Å². The van der Waals surface area contributed by atoms with Gasteiger partial charge < -0.3 is 19.1 Å². The molecule has 0 atom stereocenters. The van der Waals surface area contributed by atoms with Crippen LogP contribution in [0, 0.1) is 13.8 Å². The van der Waals surface area contributed by atoms with Gasteiger partial charge in [-0.1, -0.05) is 5.16 Å². The van der Waals surface area contributed by atoms with E-state index in [1.54, 1.807) is 19.0 Å². The Morgan fingerprint density at radius 2 is 1.93 bits per heavy atom. The average Bonchev–Trinajstić information content (AvgIpc) is 2.85. The summed E-state index contributed by atoms with van der Waals surface area (Å²) in [5.74, 6) is 0.824. The van der Waals surface area contributed by atoms with E-state index in [0.29, 0.717) is 19.6 Å². The van der Waals surface area contributed by atoms with Gasteiger partial charge in [-0.05, 0) is 26.7 Å². The molecule has 2 aliphatic rings. The highest BCUT2D eigenvalue weighted by Gasteiger charge is 2.41. The minimum atomic E-state index is -0.401. The predicted octanol–water partition coefficient (Wildman–Crippen LogP) is 0.963. The largest absolute Gasteiger partial charge is 0.373 e. The summed E-state index contributed by atoms with van der Waals surface area (Å²) in [6.07, 6.45) is 1.99. The number of aryl methyl sites for hydroxylation is 2. The fourth-order valence-corrected chi connectivity index (χ4v) is 3.80. The van der Waals surface area contributed by atoms with Crippen LogP contribution in [0.1, 0.15) is 36.3 Å². The lowest BCUT2D eigenvalue weighted by Gasteiger charge is -2.40. The van der Waals surface area contributed by atoms with Crippen LogP contribution in [0.2, 0.25) is 0 Å². The van der Waals surface area contributed by atoms with Gasteiger partial charge in [0, 0.05) is 45.8 Å². The zero-order chi connectivity index (χ0) is 19.6. The Hall–Kier alpha value is -1.93. The molecular formula is C19H30N4O4. The average molecular weight is 378 g/mol. The number of amides is 2. The smallest absolute Gasteiger partial charge is 0.241 e. The highest BCUT2D eigenvalue weighted by atomic mass is 16.5. The number of hydrogen-bond donors (Lipinski definition) is 0. The summed E-state index contributed by atoms with van der Waals surface area (Å²) in [7, 11) is 3.41. The minimum Gasteiger partial charge on any atom is -0.373 e. The molecule has 3 rings (SSSR count). The Kier molecular flexibility index (Phi) is 5.86. The summed E-state index contributed by atoms with van der Waals surface area (Å²) in [4.78, 5) is 30.2. The molecule has 0 saturated carbocycles. The second-order valence-corrected chi connectivity index (χ2v) is 7.89. The molecule has 0 radical (unpaired) electrons. The zero-order valence-electron chi connectivity index (χ0n) is 16.8. The number of nitrogens with zero attached hydrogens (tertiary/aromatic N) is 4. The third-order valence-electron chi connectivity index (χ3n) is 5.75. The lowest BCUT2D eigenvalue weighted by atomic mass is 9.87. The van der Waals surface area contributed by atoms with E-state index in [-0.39, 0.29) is 18.4 Å². The topological polar surface area (TPSA) is 79.1 Å². The fraction of sp³-hybridized carbons (Fsp3) is 0.737. The van der Waals surface area contributed by atoms with Gasteiger partial charge >= 0.3 is 0 Å². The normalized spacial score (nSPS) is 20.7. The number of carbonyl (C=O) groups excluding carboxylic acids is 2. The number of likely N-dealkylation sites (N-methyl/N-ethyl adjacent to an activating group) is 1. The Morgan fingerprint density at radius 1 is 1.22 bits per heavy atom. The first-order valence-electron chi connectivity index (χ1n) is 9.56. The number of carbonyl (C=O) groups is 2. The highest BCUT2D eigenvalue weighted by Crippen LogP contribution is 2.33. The standard InChI is InChI=1S/C19H30N4O4/c1-14-16(15(2)27-20-14)12-22-7-5-19(6-8-22)11-17(24)23(9-10-26-19)13-18(25)21(3)4/h5-13H2,1-4H3. The third kappa shape index (κ3) is 4.50. The van der Waals surface area contributed by atoms with Crippen LogP contribution in [0.4, 0.5) is 0 Å². The molecule has 150 valence electrons. The van der Waals surface area contributed by atoms with Crippen molar-refractivity contribution < 1.29 is 18.8 Å². The van der Waals surface area contributed by atoms with Crippen molar-refractivity contribution in [3.63, 3.8) is 0 Å². The fourth-order valence-electron chi connectivity index (χ4n) is 3.80. The number of ether oxygens (including phenoxy) is 1. The lowest BCUT2D eigenvalue weighted by molar-refractivity contribution is -0.140. The van der Waals surface area contributed by atoms with Crippen molar-refractivity contribution >= 4 is 11.8 Å². The summed E-state index contributed by atoms with van der Waals surface area (Å²) in [6.45, 7) is 7.55. The van der Waals surface area contributed by atoms with E-state index < -0.39 is 5.60 Å². The summed E-state index contributed by atoms with van der Waals surface area (Å²) < 4.78 is 11.4. The van der Waals surface area contributed by atoms with Gasteiger partial charge in [0.25, 0.3) is 0 Å². The molecule has 0 N–H and O–H groups in total. The van der Waals surface area contributed by atoms with Gasteiger partial charge in [0.15, 0.2) is 0 Å². The Bertz CT molecular complexity index is 672. The second kappa shape index (κ2) is 7.98. The lowest BCUT2D eigenvalue weighted by Crippen LogP contribution is -2.47. The molecule has 0 aromatic carbocycles. The van der Waals surface area contributed by atoms with Crippen molar-refractivity contribution in [1.82, 2.24) is 19.9 Å². The third-order valence-corrected chi connectivity index (χ3v) is 5.75. The predicted molar refractivity (Wildman–Crippen MR) is 99.1 cm³/mol. The summed E-state index contributed by atoms with van der Waals surface area (Å²) in [6, 6.07) is 0. The summed E-state index contributed by atoms with van der Waals surface area (Å²) in [5, 5.41) is 4.02. The van der Waals surface area contributed by atoms with E-state index >= 15 is 0 Å². The number of aromatic nitrogens is 1. The first kappa shape index (κ1) is 19.8. The highest BCUT2D eigenvalue weighted by molar-refractivity contribution is 5.85. The van der Waals surface area contributed by atoms with Crippen molar-refractivity contribution in [1.29, 1.82) is 0 Å². The van der Waals surface area contributed by atoms with Crippen LogP contribution in [0.5, 0.6) is 0 Å². The molecule has 1 aromatic rings. The van der Waals surface area contributed by atoms with E-state index in [0.717, 1.165) is 49.5 Å². The number of hydrogen-bond acceptors (Lipinski definition) is 6. The van der Waals surface area contributed by atoms with Crippen molar-refractivity contribution in [2.75, 3.05) is 46.9 Å². The molecule has 2 saturated heterocycles. The molecule has 2 aliphatic heterocycles. The Morgan fingerprint density at radius 3 is 2.52 bits per heavy atom. The summed E-state index contributed by atoms with van der Waals surface area (Å²) in [5.41, 5.74) is 1.69. The Balaban J connectivity index is 1.57. The van der Waals surface area contributed by atoms with Crippen molar-refractivity contribution in [3.8, 4) is 0 Å². The van der Waals surface area contributed by atoms with Gasteiger partial charge in [-0.15, -0.1) is 0 Å². The van der Waals surface area contributed by atoms with Crippen LogP contribution in [0.15, 0.2) is 4.52 Å². The number of piperidine rings is 1. The number of rotatable bonds is 4. The van der Waals surface area contributed by atoms with Crippen LogP contribution in [-0.2, 0) is 20.9 Å². The minimum absolute atomic E-state index is 0.0156. The maximum Gasteiger partial charge on any atom is 0.241 e. The molecule has 2 fully saturated rings. The van der Waals surface area contributed by atoms with Gasteiger partial charge in [-0.3, -0.25) is 14.5 Å².